The minimum Gasteiger partial charge on any atom is -0.491 e. The molecule has 0 radical (unpaired) electrons. The molecule has 1 saturated carbocycles. The number of likely N-dealkylation sites (tertiary alicyclic amines) is 1. The van der Waals surface area contributed by atoms with Gasteiger partial charge in [-0.05, 0) is 49.4 Å². The first-order valence-corrected chi connectivity index (χ1v) is 12.9. The van der Waals surface area contributed by atoms with Gasteiger partial charge in [-0.25, -0.2) is 14.4 Å². The Hall–Kier alpha value is -3.27. The summed E-state index contributed by atoms with van der Waals surface area (Å²) in [6, 6.07) is 8.41. The van der Waals surface area contributed by atoms with Crippen molar-refractivity contribution in [2.75, 3.05) is 36.9 Å². The van der Waals surface area contributed by atoms with Gasteiger partial charge in [0.25, 0.3) is 0 Å². The van der Waals surface area contributed by atoms with Crippen molar-refractivity contribution in [3.63, 3.8) is 0 Å². The Bertz CT molecular complexity index is 1370. The molecule has 3 aromatic rings. The Morgan fingerprint density at radius 2 is 2.16 bits per heavy atom. The summed E-state index contributed by atoms with van der Waals surface area (Å²) in [5.74, 6) is 0.863. The van der Waals surface area contributed by atoms with E-state index in [4.69, 9.17) is 21.1 Å². The third-order valence-corrected chi connectivity index (χ3v) is 7.26. The number of fused-ring (bicyclic) bond motifs is 3. The molecule has 10 heteroatoms. The van der Waals surface area contributed by atoms with Crippen LogP contribution < -0.4 is 15.4 Å². The zero-order valence-electron chi connectivity index (χ0n) is 20.1. The molecule has 0 spiro atoms. The highest BCUT2D eigenvalue weighted by Crippen LogP contribution is 2.36. The van der Waals surface area contributed by atoms with Gasteiger partial charge in [0.05, 0.1) is 35.5 Å². The summed E-state index contributed by atoms with van der Waals surface area (Å²) in [4.78, 5) is 23.9. The van der Waals surface area contributed by atoms with Crippen LogP contribution in [0.3, 0.4) is 0 Å². The Labute approximate surface area is 218 Å². The summed E-state index contributed by atoms with van der Waals surface area (Å²) >= 11 is 5.94. The maximum atomic E-state index is 13.6. The van der Waals surface area contributed by atoms with E-state index in [0.29, 0.717) is 65.1 Å². The molecule has 2 aliphatic heterocycles. The Morgan fingerprint density at radius 3 is 2.92 bits per heavy atom. The number of carbonyl (C=O) groups is 1. The van der Waals surface area contributed by atoms with Crippen LogP contribution in [0.15, 0.2) is 48.8 Å². The smallest absolute Gasteiger partial charge is 0.248 e. The fourth-order valence-electron chi connectivity index (χ4n) is 4.78. The quantitative estimate of drug-likeness (QED) is 0.385. The summed E-state index contributed by atoms with van der Waals surface area (Å²) < 4.78 is 25.3. The number of hydrogen-bond donors (Lipinski definition) is 2. The summed E-state index contributed by atoms with van der Waals surface area (Å²) in [7, 11) is 0. The molecule has 8 nitrogen and oxygen atoms in total. The van der Waals surface area contributed by atoms with E-state index in [9.17, 15) is 9.18 Å². The second kappa shape index (κ2) is 10.2. The van der Waals surface area contributed by atoms with Crippen LogP contribution in [0.5, 0.6) is 5.75 Å². The molecule has 2 atom stereocenters. The van der Waals surface area contributed by atoms with Gasteiger partial charge >= 0.3 is 0 Å². The Balaban J connectivity index is 1.23. The maximum Gasteiger partial charge on any atom is 0.248 e. The average molecular weight is 524 g/mol. The van der Waals surface area contributed by atoms with Gasteiger partial charge in [0.2, 0.25) is 5.91 Å². The number of halogens is 2. The summed E-state index contributed by atoms with van der Waals surface area (Å²) in [6.07, 6.45) is 8.58. The van der Waals surface area contributed by atoms with E-state index in [2.05, 4.69) is 25.5 Å². The van der Waals surface area contributed by atoms with Crippen LogP contribution in [0, 0.1) is 11.7 Å². The van der Waals surface area contributed by atoms with E-state index >= 15 is 0 Å². The molecule has 3 aliphatic rings. The lowest BCUT2D eigenvalue weighted by atomic mass is 10.1. The third-order valence-electron chi connectivity index (χ3n) is 6.97. The van der Waals surface area contributed by atoms with E-state index in [1.165, 1.54) is 18.5 Å². The SMILES string of the molecule is O=C(/C=C/CN1CC2CC1CO2)Nc1cc2c(Nc3ccc(F)c(Cl)c3)ncnc2cc1OCC1CC1. The number of nitrogens with one attached hydrogen (secondary N) is 2. The number of morpholine rings is 1. The second-order valence-electron chi connectivity index (χ2n) is 9.79. The molecule has 3 heterocycles. The van der Waals surface area contributed by atoms with Crippen molar-refractivity contribution in [2.45, 2.75) is 31.4 Å². The first-order chi connectivity index (χ1) is 18.0. The fraction of sp³-hybridized carbons (Fsp3) is 0.370. The number of hydrogen-bond acceptors (Lipinski definition) is 7. The van der Waals surface area contributed by atoms with Crippen LogP contribution in [-0.2, 0) is 9.53 Å². The molecule has 3 fully saturated rings. The fourth-order valence-corrected chi connectivity index (χ4v) is 4.96. The van der Waals surface area contributed by atoms with Gasteiger partial charge in [-0.15, -0.1) is 0 Å². The van der Waals surface area contributed by atoms with Crippen molar-refractivity contribution in [1.29, 1.82) is 0 Å². The Morgan fingerprint density at radius 1 is 1.27 bits per heavy atom. The number of rotatable bonds is 9. The van der Waals surface area contributed by atoms with Gasteiger partial charge in [0.1, 0.15) is 23.7 Å². The molecule has 1 aliphatic carbocycles. The van der Waals surface area contributed by atoms with Crippen LogP contribution in [0.4, 0.5) is 21.6 Å². The summed E-state index contributed by atoms with van der Waals surface area (Å²) in [5.41, 5.74) is 1.76. The molecular weight excluding hydrogens is 497 g/mol. The number of anilines is 3. The molecule has 37 heavy (non-hydrogen) atoms. The molecule has 1 amide bonds. The van der Waals surface area contributed by atoms with Gasteiger partial charge in [0, 0.05) is 42.3 Å². The monoisotopic (exact) mass is 523 g/mol. The van der Waals surface area contributed by atoms with Crippen LogP contribution in [0.25, 0.3) is 10.9 Å². The maximum absolute atomic E-state index is 13.6. The van der Waals surface area contributed by atoms with Gasteiger partial charge < -0.3 is 20.1 Å². The van der Waals surface area contributed by atoms with Crippen LogP contribution in [-0.4, -0.2) is 59.2 Å². The molecule has 1 aromatic heterocycles. The number of nitrogens with zero attached hydrogens (tertiary/aromatic N) is 3. The van der Waals surface area contributed by atoms with E-state index in [1.807, 2.05) is 12.1 Å². The third kappa shape index (κ3) is 5.53. The number of ether oxygens (including phenoxy) is 2. The van der Waals surface area contributed by atoms with Crippen LogP contribution >= 0.6 is 11.6 Å². The van der Waals surface area contributed by atoms with Gasteiger partial charge in [0.15, 0.2) is 0 Å². The summed E-state index contributed by atoms with van der Waals surface area (Å²) in [6.45, 7) is 2.98. The molecule has 192 valence electrons. The Kier molecular flexibility index (Phi) is 6.67. The van der Waals surface area contributed by atoms with Crippen molar-refractivity contribution < 1.29 is 18.7 Å². The van der Waals surface area contributed by atoms with E-state index < -0.39 is 5.82 Å². The zero-order chi connectivity index (χ0) is 25.4. The standard InChI is InChI=1S/C27H27ClFN5O3/c28-21-8-17(5-6-22(21)29)32-27-20-10-24(25(37-13-16-3-4-16)11-23(20)30-15-31-27)33-26(35)2-1-7-34-12-19-9-18(34)14-36-19/h1-2,5-6,8,10-11,15-16,18-19H,3-4,7,9,12-14H2,(H,33,35)(H,30,31,32)/b2-1+. The summed E-state index contributed by atoms with van der Waals surface area (Å²) in [5, 5.41) is 6.82. The molecule has 2 saturated heterocycles. The number of benzene rings is 2. The predicted octanol–water partition coefficient (Wildman–Crippen LogP) is 4.92. The number of amides is 1. The lowest BCUT2D eigenvalue weighted by Gasteiger charge is -2.25. The zero-order valence-corrected chi connectivity index (χ0v) is 20.9. The topological polar surface area (TPSA) is 88.6 Å². The highest BCUT2D eigenvalue weighted by atomic mass is 35.5. The van der Waals surface area contributed by atoms with Gasteiger partial charge in [-0.1, -0.05) is 17.7 Å². The van der Waals surface area contributed by atoms with Crippen molar-refractivity contribution >= 4 is 45.6 Å². The van der Waals surface area contributed by atoms with Crippen molar-refractivity contribution in [1.82, 2.24) is 14.9 Å². The lowest BCUT2D eigenvalue weighted by molar-refractivity contribution is -0.111. The van der Waals surface area contributed by atoms with Crippen molar-refractivity contribution in [3.05, 3.63) is 59.7 Å². The normalized spacial score (nSPS) is 21.1. The average Bonchev–Trinajstić information content (AvgIpc) is 3.48. The minimum atomic E-state index is -0.499. The minimum absolute atomic E-state index is 0.00755. The lowest BCUT2D eigenvalue weighted by Crippen LogP contribution is -2.36. The molecule has 2 N–H and O–H groups in total. The van der Waals surface area contributed by atoms with Crippen LogP contribution in [0.2, 0.25) is 5.02 Å². The largest absolute Gasteiger partial charge is 0.491 e. The second-order valence-corrected chi connectivity index (χ2v) is 10.2. The van der Waals surface area contributed by atoms with Crippen molar-refractivity contribution in [3.8, 4) is 5.75 Å². The highest BCUT2D eigenvalue weighted by Gasteiger charge is 2.38. The highest BCUT2D eigenvalue weighted by molar-refractivity contribution is 6.31. The number of carbonyl (C=O) groups excluding carboxylic acids is 1. The molecule has 2 bridgehead atoms. The van der Waals surface area contributed by atoms with Gasteiger partial charge in [-0.2, -0.15) is 0 Å². The number of aromatic nitrogens is 2. The molecular formula is C27H27ClFN5O3. The molecule has 2 aromatic carbocycles. The van der Waals surface area contributed by atoms with Crippen LogP contribution in [0.1, 0.15) is 19.3 Å². The first kappa shape index (κ1) is 24.1. The van der Waals surface area contributed by atoms with E-state index in [-0.39, 0.29) is 10.9 Å². The van der Waals surface area contributed by atoms with E-state index in [0.717, 1.165) is 32.4 Å². The molecule has 2 unspecified atom stereocenters. The van der Waals surface area contributed by atoms with E-state index in [1.54, 1.807) is 18.2 Å². The first-order valence-electron chi connectivity index (χ1n) is 12.5. The van der Waals surface area contributed by atoms with Crippen molar-refractivity contribution in [2.24, 2.45) is 5.92 Å². The van der Waals surface area contributed by atoms with Gasteiger partial charge in [-0.3, -0.25) is 9.69 Å². The predicted molar refractivity (Wildman–Crippen MR) is 140 cm³/mol. The molecule has 6 rings (SSSR count).